The minimum Gasteiger partial charge on any atom is -0.494 e. The van der Waals surface area contributed by atoms with E-state index in [0.29, 0.717) is 43.2 Å². The van der Waals surface area contributed by atoms with Gasteiger partial charge in [0.15, 0.2) is 5.88 Å². The zero-order valence-electron chi connectivity index (χ0n) is 21.5. The molecule has 3 aliphatic rings. The first-order valence-corrected chi connectivity index (χ1v) is 13.5. The first kappa shape index (κ1) is 24.9. The lowest BCUT2D eigenvalue weighted by Crippen LogP contribution is -2.61. The number of aliphatic imine (C=N–C) groups is 1. The number of carbonyl (C=O) groups is 1. The van der Waals surface area contributed by atoms with Crippen LogP contribution in [0.15, 0.2) is 57.1 Å². The molecular weight excluding hydrogens is 550 g/mol. The minimum absolute atomic E-state index is 0.0286. The van der Waals surface area contributed by atoms with Crippen LogP contribution in [0.2, 0.25) is 0 Å². The van der Waals surface area contributed by atoms with E-state index < -0.39 is 11.6 Å². The summed E-state index contributed by atoms with van der Waals surface area (Å²) >= 11 is 3.52. The highest BCUT2D eigenvalue weighted by Crippen LogP contribution is 2.50. The van der Waals surface area contributed by atoms with E-state index in [0.717, 1.165) is 33.0 Å². The van der Waals surface area contributed by atoms with Crippen LogP contribution in [0.5, 0.6) is 5.88 Å². The van der Waals surface area contributed by atoms with Crippen molar-refractivity contribution in [2.75, 3.05) is 26.2 Å². The monoisotopic (exact) mass is 579 g/mol. The van der Waals surface area contributed by atoms with E-state index in [2.05, 4.69) is 51.7 Å². The number of aromatic hydroxyl groups is 1. The molecule has 2 fully saturated rings. The van der Waals surface area contributed by atoms with Crippen molar-refractivity contribution in [2.24, 2.45) is 15.6 Å². The number of H-pyrrole nitrogens is 1. The number of fused-ring (bicyclic) bond motifs is 4. The number of hydrogen-bond donors (Lipinski definition) is 3. The Morgan fingerprint density at radius 2 is 2.08 bits per heavy atom. The van der Waals surface area contributed by atoms with Crippen molar-refractivity contribution < 1.29 is 19.8 Å². The van der Waals surface area contributed by atoms with Crippen molar-refractivity contribution in [1.82, 2.24) is 14.8 Å². The van der Waals surface area contributed by atoms with Crippen molar-refractivity contribution in [3.05, 3.63) is 58.1 Å². The lowest BCUT2D eigenvalue weighted by molar-refractivity contribution is -0.00398. The molecular formula is C28H30BrN5O4. The summed E-state index contributed by atoms with van der Waals surface area (Å²) in [5.41, 5.74) is 3.54. The molecule has 6 rings (SSSR count). The third kappa shape index (κ3) is 3.80. The lowest BCUT2D eigenvalue weighted by atomic mass is 9.73. The summed E-state index contributed by atoms with van der Waals surface area (Å²) in [4.78, 5) is 29.6. The average Bonchev–Trinajstić information content (AvgIpc) is 3.60. The summed E-state index contributed by atoms with van der Waals surface area (Å²) in [5.74, 6) is 0.0286. The van der Waals surface area contributed by atoms with Crippen molar-refractivity contribution >= 4 is 50.0 Å². The second-order valence-corrected chi connectivity index (χ2v) is 12.2. The molecule has 1 amide bonds. The Labute approximate surface area is 228 Å². The minimum atomic E-state index is -0.844. The second-order valence-electron chi connectivity index (χ2n) is 11.3. The van der Waals surface area contributed by atoms with Crippen LogP contribution in [0.4, 0.5) is 10.5 Å². The molecule has 0 radical (unpaired) electrons. The van der Waals surface area contributed by atoms with Gasteiger partial charge in [0, 0.05) is 46.6 Å². The van der Waals surface area contributed by atoms with Gasteiger partial charge in [-0.25, -0.2) is 9.79 Å². The Morgan fingerprint density at radius 3 is 2.84 bits per heavy atom. The number of nitrogens with one attached hydrogen (secondary N) is 1. The van der Waals surface area contributed by atoms with Crippen LogP contribution in [-0.4, -0.2) is 80.3 Å². The fourth-order valence-corrected chi connectivity index (χ4v) is 6.64. The van der Waals surface area contributed by atoms with Gasteiger partial charge < -0.3 is 20.0 Å². The average molecular weight is 580 g/mol. The Hall–Kier alpha value is -3.37. The number of carboxylic acid groups (broad SMARTS) is 1. The molecule has 2 atom stereocenters. The Bertz CT molecular complexity index is 1510. The van der Waals surface area contributed by atoms with E-state index in [1.165, 1.54) is 0 Å². The van der Waals surface area contributed by atoms with Gasteiger partial charge in [0.05, 0.1) is 16.8 Å². The largest absolute Gasteiger partial charge is 0.494 e. The highest BCUT2D eigenvalue weighted by Gasteiger charge is 2.61. The summed E-state index contributed by atoms with van der Waals surface area (Å²) in [6, 6.07) is 13.6. The summed E-state index contributed by atoms with van der Waals surface area (Å²) in [6.45, 7) is 8.55. The molecule has 3 N–H and O–H groups in total. The summed E-state index contributed by atoms with van der Waals surface area (Å²) in [6.07, 6.45) is -0.0133. The van der Waals surface area contributed by atoms with Gasteiger partial charge in [-0.1, -0.05) is 60.1 Å². The maximum absolute atomic E-state index is 11.9. The number of amides is 1. The van der Waals surface area contributed by atoms with E-state index in [4.69, 9.17) is 9.83 Å². The number of para-hydroxylation sites is 1. The Kier molecular flexibility index (Phi) is 5.80. The summed E-state index contributed by atoms with van der Waals surface area (Å²) < 4.78 is 0.894. The normalized spacial score (nSPS) is 23.9. The maximum atomic E-state index is 11.9. The second kappa shape index (κ2) is 8.84. The van der Waals surface area contributed by atoms with E-state index >= 15 is 0 Å². The standard InChI is InChI=1S/C28H30BrN5O4/c1-27(2,3)28-13-17(14-34(28)26(36)37)33(15-28)10-11-38-32-23-18-6-4-5-7-20(18)30-24(23)22-19-12-16(29)8-9-21(19)31-25(22)35/h4-9,12,17,31,35H,10-11,13-15H2,1-3H3,(H,36,37)/b32-23+/t17-,28+/m1/s1. The highest BCUT2D eigenvalue weighted by atomic mass is 79.9. The number of halogens is 1. The summed E-state index contributed by atoms with van der Waals surface area (Å²) in [7, 11) is 0. The van der Waals surface area contributed by atoms with Crippen molar-refractivity contribution in [1.29, 1.82) is 0 Å². The molecule has 2 bridgehead atoms. The molecule has 0 saturated carbocycles. The van der Waals surface area contributed by atoms with E-state index in [1.54, 1.807) is 4.90 Å². The van der Waals surface area contributed by atoms with Crippen LogP contribution >= 0.6 is 15.9 Å². The predicted octanol–water partition coefficient (Wildman–Crippen LogP) is 5.34. The highest BCUT2D eigenvalue weighted by molar-refractivity contribution is 9.10. The molecule has 0 unspecified atom stereocenters. The third-order valence-electron chi connectivity index (χ3n) is 8.31. The molecule has 10 heteroatoms. The number of piperazine rings is 1. The van der Waals surface area contributed by atoms with Crippen LogP contribution in [0.25, 0.3) is 10.9 Å². The van der Waals surface area contributed by atoms with Gasteiger partial charge in [-0.2, -0.15) is 0 Å². The van der Waals surface area contributed by atoms with E-state index in [9.17, 15) is 15.0 Å². The molecule has 0 spiro atoms. The van der Waals surface area contributed by atoms with Gasteiger partial charge in [-0.05, 0) is 36.1 Å². The Morgan fingerprint density at radius 1 is 1.29 bits per heavy atom. The molecule has 2 saturated heterocycles. The number of rotatable bonds is 5. The third-order valence-corrected chi connectivity index (χ3v) is 8.80. The number of aromatic amines is 1. The smallest absolute Gasteiger partial charge is 0.407 e. The molecule has 198 valence electrons. The zero-order chi connectivity index (χ0) is 26.8. The SMILES string of the molecule is CC(C)(C)[C@@]12C[C@H](CN1C(=O)O)N(CCO/N=C1/C(c3c(O)[nH]c4ccc(Br)cc34)=Nc3ccccc31)C2. The molecule has 1 aromatic heterocycles. The van der Waals surface area contributed by atoms with Crippen LogP contribution in [0, 0.1) is 5.41 Å². The van der Waals surface area contributed by atoms with Gasteiger partial charge >= 0.3 is 6.09 Å². The lowest BCUT2D eigenvalue weighted by Gasteiger charge is -2.48. The van der Waals surface area contributed by atoms with Crippen molar-refractivity contribution in [2.45, 2.75) is 38.8 Å². The molecule has 38 heavy (non-hydrogen) atoms. The number of nitrogens with zero attached hydrogens (tertiary/aromatic N) is 4. The Balaban J connectivity index is 1.23. The van der Waals surface area contributed by atoms with Crippen LogP contribution < -0.4 is 0 Å². The molecule has 3 aromatic rings. The maximum Gasteiger partial charge on any atom is 0.407 e. The molecule has 2 aromatic carbocycles. The zero-order valence-corrected chi connectivity index (χ0v) is 23.1. The van der Waals surface area contributed by atoms with Crippen LogP contribution in [0.3, 0.4) is 0 Å². The number of likely N-dealkylation sites (tertiary alicyclic amines) is 2. The van der Waals surface area contributed by atoms with Gasteiger partial charge in [0.25, 0.3) is 0 Å². The number of benzene rings is 2. The number of hydrogen-bond acceptors (Lipinski definition) is 6. The predicted molar refractivity (Wildman–Crippen MR) is 150 cm³/mol. The molecule has 0 aliphatic carbocycles. The van der Waals surface area contributed by atoms with Crippen molar-refractivity contribution in [3.8, 4) is 5.88 Å². The number of oxime groups is 1. The first-order valence-electron chi connectivity index (χ1n) is 12.7. The van der Waals surface area contributed by atoms with Gasteiger partial charge in [0.1, 0.15) is 18.0 Å². The van der Waals surface area contributed by atoms with E-state index in [-0.39, 0.29) is 17.3 Å². The van der Waals surface area contributed by atoms with Crippen LogP contribution in [0.1, 0.15) is 38.3 Å². The van der Waals surface area contributed by atoms with E-state index in [1.807, 2.05) is 42.5 Å². The fourth-order valence-electron chi connectivity index (χ4n) is 6.28. The number of aromatic nitrogens is 1. The molecule has 9 nitrogen and oxygen atoms in total. The quantitative estimate of drug-likeness (QED) is 0.279. The van der Waals surface area contributed by atoms with Gasteiger partial charge in [-0.3, -0.25) is 9.80 Å². The fraction of sp³-hybridized carbons (Fsp3) is 0.393. The van der Waals surface area contributed by atoms with Crippen molar-refractivity contribution in [3.63, 3.8) is 0 Å². The first-order chi connectivity index (χ1) is 18.1. The topological polar surface area (TPSA) is 114 Å². The van der Waals surface area contributed by atoms with Crippen LogP contribution in [-0.2, 0) is 4.84 Å². The molecule has 4 heterocycles. The summed E-state index contributed by atoms with van der Waals surface area (Å²) in [5, 5.41) is 26.0. The van der Waals surface area contributed by atoms with Gasteiger partial charge in [0.2, 0.25) is 0 Å². The van der Waals surface area contributed by atoms with Gasteiger partial charge in [-0.15, -0.1) is 0 Å². The molecule has 3 aliphatic heterocycles.